The Morgan fingerprint density at radius 2 is 1.10 bits per heavy atom. The number of nitrogens with zero attached hydrogens (tertiary/aromatic N) is 4. The van der Waals surface area contributed by atoms with E-state index < -0.39 is 6.04 Å². The molecule has 3 aliphatic rings. The van der Waals surface area contributed by atoms with Crippen LogP contribution in [0.25, 0.3) is 32.0 Å². The number of thiazole rings is 2. The van der Waals surface area contributed by atoms with Gasteiger partial charge in [-0.15, -0.1) is 22.7 Å². The molecule has 6 aromatic rings. The molecular formula is C48H47N5O3S2. The van der Waals surface area contributed by atoms with Crippen LogP contribution in [-0.2, 0) is 20.8 Å². The number of hydrogen-bond donors (Lipinski definition) is 1. The maximum Gasteiger partial charge on any atom is 0.250 e. The van der Waals surface area contributed by atoms with Gasteiger partial charge in [-0.05, 0) is 71.9 Å². The molecule has 2 aliphatic heterocycles. The molecule has 58 heavy (non-hydrogen) atoms. The zero-order valence-electron chi connectivity index (χ0n) is 32.5. The second kappa shape index (κ2) is 17.2. The quantitative estimate of drug-likeness (QED) is 0.141. The van der Waals surface area contributed by atoms with Crippen molar-refractivity contribution in [3.8, 4) is 32.0 Å². The number of benzene rings is 4. The van der Waals surface area contributed by atoms with Crippen molar-refractivity contribution in [2.45, 2.75) is 75.9 Å². The lowest BCUT2D eigenvalue weighted by atomic mass is 10.0. The minimum Gasteiger partial charge on any atom is -0.340 e. The number of rotatable bonds is 11. The molecule has 2 saturated heterocycles. The Balaban J connectivity index is 0.851. The average Bonchev–Trinajstić information content (AvgIpc) is 4.13. The van der Waals surface area contributed by atoms with Gasteiger partial charge in [-0.25, -0.2) is 9.97 Å². The second-order valence-corrected chi connectivity index (χ2v) is 17.8. The summed E-state index contributed by atoms with van der Waals surface area (Å²) in [6.45, 7) is 1.43. The maximum absolute atomic E-state index is 14.2. The van der Waals surface area contributed by atoms with Gasteiger partial charge in [0.15, 0.2) is 0 Å². The van der Waals surface area contributed by atoms with Crippen molar-refractivity contribution in [1.29, 1.82) is 0 Å². The zero-order chi connectivity index (χ0) is 39.4. The highest BCUT2D eigenvalue weighted by molar-refractivity contribution is 7.15. The van der Waals surface area contributed by atoms with Crippen molar-refractivity contribution >= 4 is 40.4 Å². The van der Waals surface area contributed by atoms with Gasteiger partial charge in [-0.3, -0.25) is 14.4 Å². The predicted molar refractivity (Wildman–Crippen MR) is 231 cm³/mol. The number of hydrogen-bond acceptors (Lipinski definition) is 7. The average molecular weight is 806 g/mol. The van der Waals surface area contributed by atoms with E-state index >= 15 is 0 Å². The molecule has 294 valence electrons. The van der Waals surface area contributed by atoms with E-state index in [1.807, 2.05) is 82.9 Å². The van der Waals surface area contributed by atoms with Gasteiger partial charge in [-0.2, -0.15) is 0 Å². The van der Waals surface area contributed by atoms with E-state index in [2.05, 4.69) is 53.8 Å². The van der Waals surface area contributed by atoms with Crippen molar-refractivity contribution in [2.75, 3.05) is 13.1 Å². The van der Waals surface area contributed by atoms with Gasteiger partial charge >= 0.3 is 0 Å². The fourth-order valence-electron chi connectivity index (χ4n) is 8.83. The van der Waals surface area contributed by atoms with Crippen LogP contribution in [0.1, 0.15) is 90.6 Å². The second-order valence-electron chi connectivity index (χ2n) is 15.7. The van der Waals surface area contributed by atoms with E-state index in [1.54, 1.807) is 22.7 Å². The fourth-order valence-corrected chi connectivity index (χ4v) is 11.0. The standard InChI is InChI=1S/C48H47N5O3S2/c54-43(29-32-11-3-1-4-12-32)52-27-9-17-39(52)46-49-30-41(57-46)35-23-19-33(20-24-35)34-21-25-36(26-22-34)42-31-50-47(58-42)40-18-10-28-53(40)48(56)44(37-13-5-2-6-14-37)51-45(55)38-15-7-8-16-38/h1-6,11-14,19-26,30-31,38-40,44H,7-10,15-18,27-29H2,(H,51,55)/t39-,40-,44-/m0/s1. The molecule has 0 radical (unpaired) electrons. The molecule has 2 aromatic heterocycles. The van der Waals surface area contributed by atoms with E-state index in [0.717, 1.165) is 111 Å². The molecular weight excluding hydrogens is 759 g/mol. The molecule has 3 amide bonds. The van der Waals surface area contributed by atoms with Gasteiger partial charge in [0, 0.05) is 31.4 Å². The molecule has 3 atom stereocenters. The summed E-state index contributed by atoms with van der Waals surface area (Å²) >= 11 is 3.32. The number of likely N-dealkylation sites (tertiary alicyclic amines) is 2. The van der Waals surface area contributed by atoms with Crippen LogP contribution in [0, 0.1) is 5.92 Å². The van der Waals surface area contributed by atoms with Gasteiger partial charge in [-0.1, -0.05) is 122 Å². The lowest BCUT2D eigenvalue weighted by Gasteiger charge is -2.29. The Kier molecular flexibility index (Phi) is 11.3. The number of carbonyl (C=O) groups excluding carboxylic acids is 3. The minimum absolute atomic E-state index is 0.0130. The topological polar surface area (TPSA) is 95.5 Å². The van der Waals surface area contributed by atoms with Crippen LogP contribution in [-0.4, -0.2) is 50.6 Å². The van der Waals surface area contributed by atoms with Crippen molar-refractivity contribution in [3.05, 3.63) is 143 Å². The molecule has 0 spiro atoms. The maximum atomic E-state index is 14.2. The van der Waals surface area contributed by atoms with Crippen LogP contribution >= 0.6 is 22.7 Å². The molecule has 1 aliphatic carbocycles. The van der Waals surface area contributed by atoms with E-state index in [9.17, 15) is 14.4 Å². The van der Waals surface area contributed by atoms with Crippen molar-refractivity contribution in [3.63, 3.8) is 0 Å². The monoisotopic (exact) mass is 805 g/mol. The highest BCUT2D eigenvalue weighted by Crippen LogP contribution is 2.41. The molecule has 4 heterocycles. The van der Waals surface area contributed by atoms with Gasteiger partial charge in [0.1, 0.15) is 16.1 Å². The number of nitrogens with one attached hydrogen (secondary N) is 1. The summed E-state index contributed by atoms with van der Waals surface area (Å²) in [7, 11) is 0. The molecule has 0 unspecified atom stereocenters. The number of amides is 3. The molecule has 3 fully saturated rings. The summed E-state index contributed by atoms with van der Waals surface area (Å²) in [6, 6.07) is 36.0. The summed E-state index contributed by atoms with van der Waals surface area (Å²) < 4.78 is 0. The smallest absolute Gasteiger partial charge is 0.250 e. The van der Waals surface area contributed by atoms with Crippen molar-refractivity contribution < 1.29 is 14.4 Å². The summed E-state index contributed by atoms with van der Waals surface area (Å²) in [6.07, 6.45) is 11.9. The Bertz CT molecular complexity index is 2350. The van der Waals surface area contributed by atoms with Gasteiger partial charge in [0.25, 0.3) is 0 Å². The first kappa shape index (κ1) is 38.1. The summed E-state index contributed by atoms with van der Waals surface area (Å²) in [4.78, 5) is 56.5. The van der Waals surface area contributed by atoms with Crippen LogP contribution in [0.2, 0.25) is 0 Å². The van der Waals surface area contributed by atoms with Crippen LogP contribution < -0.4 is 5.32 Å². The molecule has 10 heteroatoms. The highest BCUT2D eigenvalue weighted by Gasteiger charge is 2.38. The SMILES string of the molecule is O=C(N[C@H](C(=O)N1CCC[C@H]1c1ncc(-c2ccc(-c3ccc(-c4cnc([C@@H]5CCCN5C(=O)Cc5ccccc5)s4)cc3)cc2)s1)c1ccccc1)C1CCCC1. The van der Waals surface area contributed by atoms with E-state index in [4.69, 9.17) is 9.97 Å². The lowest BCUT2D eigenvalue weighted by molar-refractivity contribution is -0.138. The molecule has 0 bridgehead atoms. The molecule has 4 aromatic carbocycles. The predicted octanol–water partition coefficient (Wildman–Crippen LogP) is 10.2. The summed E-state index contributed by atoms with van der Waals surface area (Å²) in [5.74, 6) is 0.0748. The molecule has 1 saturated carbocycles. The largest absolute Gasteiger partial charge is 0.340 e. The van der Waals surface area contributed by atoms with Gasteiger partial charge < -0.3 is 15.1 Å². The molecule has 1 N–H and O–H groups in total. The van der Waals surface area contributed by atoms with Gasteiger partial charge in [0.2, 0.25) is 17.7 Å². The third-order valence-electron chi connectivity index (χ3n) is 12.0. The minimum atomic E-state index is -0.708. The first-order valence-corrected chi connectivity index (χ1v) is 22.2. The van der Waals surface area contributed by atoms with Crippen molar-refractivity contribution in [1.82, 2.24) is 25.1 Å². The summed E-state index contributed by atoms with van der Waals surface area (Å²) in [5.41, 5.74) is 6.33. The van der Waals surface area contributed by atoms with Crippen molar-refractivity contribution in [2.24, 2.45) is 5.92 Å². The lowest BCUT2D eigenvalue weighted by Crippen LogP contribution is -2.44. The Hall–Kier alpha value is -5.45. The van der Waals surface area contributed by atoms with Crippen LogP contribution in [0.15, 0.2) is 122 Å². The van der Waals surface area contributed by atoms with E-state index in [1.165, 1.54) is 0 Å². The Morgan fingerprint density at radius 1 is 0.603 bits per heavy atom. The first-order valence-electron chi connectivity index (χ1n) is 20.6. The molecule has 9 rings (SSSR count). The highest BCUT2D eigenvalue weighted by atomic mass is 32.1. The third-order valence-corrected chi connectivity index (χ3v) is 14.3. The summed E-state index contributed by atoms with van der Waals surface area (Å²) in [5, 5.41) is 5.08. The van der Waals surface area contributed by atoms with Crippen LogP contribution in [0.4, 0.5) is 0 Å². The van der Waals surface area contributed by atoms with Crippen LogP contribution in [0.5, 0.6) is 0 Å². The van der Waals surface area contributed by atoms with E-state index in [0.29, 0.717) is 13.0 Å². The molecule has 8 nitrogen and oxygen atoms in total. The third kappa shape index (κ3) is 8.13. The number of aromatic nitrogens is 2. The van der Waals surface area contributed by atoms with Gasteiger partial charge in [0.05, 0.1) is 28.3 Å². The normalized spacial score (nSPS) is 18.8. The number of carbonyl (C=O) groups is 3. The Morgan fingerprint density at radius 3 is 1.67 bits per heavy atom. The van der Waals surface area contributed by atoms with E-state index in [-0.39, 0.29) is 35.7 Å². The first-order chi connectivity index (χ1) is 28.5. The van der Waals surface area contributed by atoms with Crippen LogP contribution in [0.3, 0.4) is 0 Å². The Labute approximate surface area is 348 Å². The zero-order valence-corrected chi connectivity index (χ0v) is 34.1. The fraction of sp³-hybridized carbons (Fsp3) is 0.312.